The maximum atomic E-state index is 5.83. The van der Waals surface area contributed by atoms with Crippen LogP contribution in [0.15, 0.2) is 0 Å². The molecule has 0 spiro atoms. The SMILES string of the molecule is COCC(CNCC(C)C)OCCC1CC1. The molecule has 1 rings (SSSR count). The van der Waals surface area contributed by atoms with Crippen LogP contribution in [0.3, 0.4) is 0 Å². The van der Waals surface area contributed by atoms with Gasteiger partial charge >= 0.3 is 0 Å². The maximum absolute atomic E-state index is 5.83. The van der Waals surface area contributed by atoms with Gasteiger partial charge in [-0.2, -0.15) is 0 Å². The molecule has 3 nitrogen and oxygen atoms in total. The van der Waals surface area contributed by atoms with Crippen molar-refractivity contribution in [2.24, 2.45) is 11.8 Å². The van der Waals surface area contributed by atoms with Gasteiger partial charge in [-0.15, -0.1) is 0 Å². The molecule has 0 radical (unpaired) electrons. The van der Waals surface area contributed by atoms with E-state index >= 15 is 0 Å². The van der Waals surface area contributed by atoms with Crippen LogP contribution in [0.25, 0.3) is 0 Å². The first-order chi connectivity index (χ1) is 7.72. The third kappa shape index (κ3) is 7.20. The van der Waals surface area contributed by atoms with E-state index in [0.29, 0.717) is 12.5 Å². The van der Waals surface area contributed by atoms with Crippen molar-refractivity contribution in [1.82, 2.24) is 5.32 Å². The summed E-state index contributed by atoms with van der Waals surface area (Å²) in [4.78, 5) is 0. The van der Waals surface area contributed by atoms with Gasteiger partial charge in [-0.1, -0.05) is 26.7 Å². The molecule has 1 unspecified atom stereocenters. The van der Waals surface area contributed by atoms with Gasteiger partial charge in [0.2, 0.25) is 0 Å². The van der Waals surface area contributed by atoms with Crippen LogP contribution in [-0.2, 0) is 9.47 Å². The summed E-state index contributed by atoms with van der Waals surface area (Å²) in [6.07, 6.45) is 4.25. The average molecular weight is 229 g/mol. The number of nitrogens with one attached hydrogen (secondary N) is 1. The van der Waals surface area contributed by atoms with E-state index in [1.807, 2.05) is 0 Å². The summed E-state index contributed by atoms with van der Waals surface area (Å²) in [6, 6.07) is 0. The molecular formula is C13H27NO2. The van der Waals surface area contributed by atoms with E-state index in [9.17, 15) is 0 Å². The molecular weight excluding hydrogens is 202 g/mol. The Hall–Kier alpha value is -0.120. The molecule has 0 bridgehead atoms. The minimum Gasteiger partial charge on any atom is -0.382 e. The highest BCUT2D eigenvalue weighted by molar-refractivity contribution is 4.73. The van der Waals surface area contributed by atoms with Gasteiger partial charge in [0.25, 0.3) is 0 Å². The van der Waals surface area contributed by atoms with Gasteiger partial charge in [-0.3, -0.25) is 0 Å². The molecule has 1 aliphatic rings. The van der Waals surface area contributed by atoms with Gasteiger partial charge in [0.1, 0.15) is 0 Å². The number of methoxy groups -OCH3 is 1. The van der Waals surface area contributed by atoms with Crippen LogP contribution in [0, 0.1) is 11.8 Å². The monoisotopic (exact) mass is 229 g/mol. The number of ether oxygens (including phenoxy) is 2. The van der Waals surface area contributed by atoms with Gasteiger partial charge in [0, 0.05) is 20.3 Å². The van der Waals surface area contributed by atoms with E-state index in [-0.39, 0.29) is 6.10 Å². The molecule has 1 fully saturated rings. The van der Waals surface area contributed by atoms with E-state index in [2.05, 4.69) is 19.2 Å². The van der Waals surface area contributed by atoms with E-state index < -0.39 is 0 Å². The van der Waals surface area contributed by atoms with Crippen LogP contribution < -0.4 is 5.32 Å². The fourth-order valence-corrected chi connectivity index (χ4v) is 1.69. The predicted octanol–water partition coefficient (Wildman–Crippen LogP) is 2.06. The number of hydrogen-bond acceptors (Lipinski definition) is 3. The lowest BCUT2D eigenvalue weighted by molar-refractivity contribution is -0.00340. The highest BCUT2D eigenvalue weighted by Gasteiger charge is 2.21. The lowest BCUT2D eigenvalue weighted by atomic mass is 10.2. The third-order valence-corrected chi connectivity index (χ3v) is 2.85. The smallest absolute Gasteiger partial charge is 0.0932 e. The van der Waals surface area contributed by atoms with E-state index in [1.165, 1.54) is 19.3 Å². The highest BCUT2D eigenvalue weighted by atomic mass is 16.5. The summed E-state index contributed by atoms with van der Waals surface area (Å²) < 4.78 is 11.0. The van der Waals surface area contributed by atoms with Gasteiger partial charge in [-0.05, 0) is 24.8 Å². The summed E-state index contributed by atoms with van der Waals surface area (Å²) in [5.41, 5.74) is 0. The zero-order valence-corrected chi connectivity index (χ0v) is 11.0. The molecule has 0 saturated heterocycles. The van der Waals surface area contributed by atoms with E-state index in [4.69, 9.17) is 9.47 Å². The predicted molar refractivity (Wildman–Crippen MR) is 66.7 cm³/mol. The molecule has 16 heavy (non-hydrogen) atoms. The molecule has 1 saturated carbocycles. The molecule has 0 heterocycles. The molecule has 96 valence electrons. The first-order valence-corrected chi connectivity index (χ1v) is 6.53. The van der Waals surface area contributed by atoms with Gasteiger partial charge in [-0.25, -0.2) is 0 Å². The second kappa shape index (κ2) is 8.04. The van der Waals surface area contributed by atoms with Crippen LogP contribution in [0.2, 0.25) is 0 Å². The second-order valence-electron chi connectivity index (χ2n) is 5.23. The van der Waals surface area contributed by atoms with Crippen molar-refractivity contribution >= 4 is 0 Å². The quantitative estimate of drug-likeness (QED) is 0.622. The Kier molecular flexibility index (Phi) is 7.01. The molecule has 1 atom stereocenters. The van der Waals surface area contributed by atoms with Crippen LogP contribution in [-0.4, -0.2) is 39.5 Å². The zero-order valence-electron chi connectivity index (χ0n) is 11.0. The van der Waals surface area contributed by atoms with Gasteiger partial charge in [0.05, 0.1) is 12.7 Å². The van der Waals surface area contributed by atoms with Gasteiger partial charge in [0.15, 0.2) is 0 Å². The van der Waals surface area contributed by atoms with Crippen molar-refractivity contribution in [3.63, 3.8) is 0 Å². The molecule has 1 N–H and O–H groups in total. The summed E-state index contributed by atoms with van der Waals surface area (Å²) in [6.45, 7) is 7.96. The Bertz CT molecular complexity index is 161. The Morgan fingerprint density at radius 2 is 2.00 bits per heavy atom. The molecule has 1 aliphatic carbocycles. The van der Waals surface area contributed by atoms with Crippen LogP contribution in [0.1, 0.15) is 33.1 Å². The standard InChI is InChI=1S/C13H27NO2/c1-11(2)8-14-9-13(10-15-3)16-7-6-12-4-5-12/h11-14H,4-10H2,1-3H3. The van der Waals surface area contributed by atoms with Crippen molar-refractivity contribution in [1.29, 1.82) is 0 Å². The van der Waals surface area contributed by atoms with E-state index in [0.717, 1.165) is 25.6 Å². The lowest BCUT2D eigenvalue weighted by Crippen LogP contribution is -2.34. The largest absolute Gasteiger partial charge is 0.382 e. The first kappa shape index (κ1) is 13.9. The van der Waals surface area contributed by atoms with Crippen LogP contribution in [0.5, 0.6) is 0 Å². The normalized spacial score (nSPS) is 18.0. The van der Waals surface area contributed by atoms with Crippen molar-refractivity contribution in [2.45, 2.75) is 39.2 Å². The number of hydrogen-bond donors (Lipinski definition) is 1. The van der Waals surface area contributed by atoms with Crippen molar-refractivity contribution < 1.29 is 9.47 Å². The Labute approximate surface area is 99.9 Å². The van der Waals surface area contributed by atoms with Crippen molar-refractivity contribution in [2.75, 3.05) is 33.4 Å². The molecule has 0 aromatic carbocycles. The average Bonchev–Trinajstić information content (AvgIpc) is 3.01. The fourth-order valence-electron chi connectivity index (χ4n) is 1.69. The molecule has 0 aliphatic heterocycles. The summed E-state index contributed by atoms with van der Waals surface area (Å²) in [5, 5.41) is 3.42. The third-order valence-electron chi connectivity index (χ3n) is 2.85. The Balaban J connectivity index is 2.02. The molecule has 3 heteroatoms. The second-order valence-corrected chi connectivity index (χ2v) is 5.23. The molecule has 0 amide bonds. The summed E-state index contributed by atoms with van der Waals surface area (Å²) >= 11 is 0. The van der Waals surface area contributed by atoms with Gasteiger partial charge < -0.3 is 14.8 Å². The summed E-state index contributed by atoms with van der Waals surface area (Å²) in [7, 11) is 1.74. The van der Waals surface area contributed by atoms with E-state index in [1.54, 1.807) is 7.11 Å². The van der Waals surface area contributed by atoms with Crippen LogP contribution in [0.4, 0.5) is 0 Å². The minimum atomic E-state index is 0.211. The maximum Gasteiger partial charge on any atom is 0.0932 e. The van der Waals surface area contributed by atoms with Crippen molar-refractivity contribution in [3.05, 3.63) is 0 Å². The zero-order chi connectivity index (χ0) is 11.8. The first-order valence-electron chi connectivity index (χ1n) is 6.53. The molecule has 0 aromatic rings. The Morgan fingerprint density at radius 1 is 1.25 bits per heavy atom. The highest BCUT2D eigenvalue weighted by Crippen LogP contribution is 2.32. The summed E-state index contributed by atoms with van der Waals surface area (Å²) in [5.74, 6) is 1.64. The van der Waals surface area contributed by atoms with Crippen molar-refractivity contribution in [3.8, 4) is 0 Å². The number of rotatable bonds is 10. The topological polar surface area (TPSA) is 30.5 Å². The minimum absolute atomic E-state index is 0.211. The Morgan fingerprint density at radius 3 is 2.56 bits per heavy atom. The fraction of sp³-hybridized carbons (Fsp3) is 1.00. The lowest BCUT2D eigenvalue weighted by Gasteiger charge is -2.18. The molecule has 0 aromatic heterocycles. The van der Waals surface area contributed by atoms with Crippen LogP contribution >= 0.6 is 0 Å².